The summed E-state index contributed by atoms with van der Waals surface area (Å²) >= 11 is 1.65. The van der Waals surface area contributed by atoms with Crippen molar-refractivity contribution in [3.8, 4) is 0 Å². The molecular formula is C22H24N2O4S. The Labute approximate surface area is 174 Å². The van der Waals surface area contributed by atoms with Gasteiger partial charge in [0.25, 0.3) is 5.91 Å². The van der Waals surface area contributed by atoms with Gasteiger partial charge in [-0.3, -0.25) is 9.59 Å². The van der Waals surface area contributed by atoms with Crippen LogP contribution in [0.3, 0.4) is 0 Å². The molecule has 1 saturated heterocycles. The molecule has 1 N–H and O–H groups in total. The van der Waals surface area contributed by atoms with Crippen LogP contribution in [0.1, 0.15) is 28.8 Å². The van der Waals surface area contributed by atoms with E-state index in [1.54, 1.807) is 40.9 Å². The van der Waals surface area contributed by atoms with Gasteiger partial charge in [-0.15, -0.1) is 11.8 Å². The number of amides is 2. The summed E-state index contributed by atoms with van der Waals surface area (Å²) in [6, 6.07) is 15.0. The number of rotatable bonds is 8. The number of aryl methyl sites for hydroxylation is 1. The molecule has 0 spiro atoms. The molecule has 0 bridgehead atoms. The first-order valence-electron chi connectivity index (χ1n) is 9.57. The summed E-state index contributed by atoms with van der Waals surface area (Å²) in [5, 5.41) is 2.75. The monoisotopic (exact) mass is 412 g/mol. The van der Waals surface area contributed by atoms with Gasteiger partial charge in [-0.25, -0.2) is 4.79 Å². The Bertz CT molecular complexity index is 883. The highest BCUT2D eigenvalue weighted by molar-refractivity contribution is 7.99. The molecule has 1 aliphatic rings. The number of anilines is 1. The molecule has 1 aliphatic heterocycles. The van der Waals surface area contributed by atoms with E-state index in [1.165, 1.54) is 5.56 Å². The van der Waals surface area contributed by atoms with Gasteiger partial charge in [0.15, 0.2) is 6.61 Å². The summed E-state index contributed by atoms with van der Waals surface area (Å²) in [5.74, 6) is -0.237. The SMILES string of the molecule is Cc1ccc(SCCNC(=O)COC(=O)c2ccccc2N2CCCC2=O)cc1. The van der Waals surface area contributed by atoms with E-state index in [1.807, 2.05) is 31.2 Å². The number of thioether (sulfide) groups is 1. The van der Waals surface area contributed by atoms with Gasteiger partial charge in [0.05, 0.1) is 11.3 Å². The molecule has 0 aliphatic carbocycles. The van der Waals surface area contributed by atoms with Gasteiger partial charge < -0.3 is 15.0 Å². The fourth-order valence-electron chi connectivity index (χ4n) is 3.04. The average molecular weight is 413 g/mol. The molecule has 0 atom stereocenters. The van der Waals surface area contributed by atoms with E-state index in [2.05, 4.69) is 5.32 Å². The lowest BCUT2D eigenvalue weighted by atomic mass is 10.1. The molecule has 0 aromatic heterocycles. The first-order valence-corrected chi connectivity index (χ1v) is 10.6. The lowest BCUT2D eigenvalue weighted by Gasteiger charge is -2.18. The van der Waals surface area contributed by atoms with Gasteiger partial charge in [-0.2, -0.15) is 0 Å². The number of esters is 1. The van der Waals surface area contributed by atoms with Gasteiger partial charge in [-0.1, -0.05) is 29.8 Å². The normalized spacial score (nSPS) is 13.4. The molecule has 2 aromatic rings. The van der Waals surface area contributed by atoms with Crippen LogP contribution in [0, 0.1) is 6.92 Å². The molecule has 2 amide bonds. The third kappa shape index (κ3) is 5.84. The van der Waals surface area contributed by atoms with Crippen molar-refractivity contribution in [1.82, 2.24) is 5.32 Å². The average Bonchev–Trinajstić information content (AvgIpc) is 3.16. The largest absolute Gasteiger partial charge is 0.452 e. The lowest BCUT2D eigenvalue weighted by molar-refractivity contribution is -0.124. The Morgan fingerprint density at radius 2 is 1.90 bits per heavy atom. The van der Waals surface area contributed by atoms with Crippen LogP contribution in [0.25, 0.3) is 0 Å². The summed E-state index contributed by atoms with van der Waals surface area (Å²) in [6.07, 6.45) is 1.25. The highest BCUT2D eigenvalue weighted by Gasteiger charge is 2.26. The lowest BCUT2D eigenvalue weighted by Crippen LogP contribution is -2.31. The number of hydrogen-bond donors (Lipinski definition) is 1. The van der Waals surface area contributed by atoms with Gasteiger partial charge in [0, 0.05) is 30.2 Å². The van der Waals surface area contributed by atoms with Crippen molar-refractivity contribution < 1.29 is 19.1 Å². The number of nitrogens with one attached hydrogen (secondary N) is 1. The summed E-state index contributed by atoms with van der Waals surface area (Å²) in [6.45, 7) is 2.75. The van der Waals surface area contributed by atoms with Gasteiger partial charge in [-0.05, 0) is 37.6 Å². The van der Waals surface area contributed by atoms with Crippen LogP contribution in [0.5, 0.6) is 0 Å². The Balaban J connectivity index is 1.44. The molecule has 3 rings (SSSR count). The molecule has 6 nitrogen and oxygen atoms in total. The van der Waals surface area contributed by atoms with E-state index in [9.17, 15) is 14.4 Å². The zero-order chi connectivity index (χ0) is 20.6. The van der Waals surface area contributed by atoms with Crippen molar-refractivity contribution >= 4 is 35.2 Å². The molecule has 1 heterocycles. The Morgan fingerprint density at radius 3 is 2.62 bits per heavy atom. The number of benzene rings is 2. The molecule has 0 radical (unpaired) electrons. The molecule has 0 unspecified atom stereocenters. The smallest absolute Gasteiger partial charge is 0.340 e. The molecule has 7 heteroatoms. The van der Waals surface area contributed by atoms with Crippen LogP contribution in [-0.2, 0) is 14.3 Å². The third-order valence-corrected chi connectivity index (χ3v) is 5.55. The van der Waals surface area contributed by atoms with E-state index in [0.29, 0.717) is 30.8 Å². The van der Waals surface area contributed by atoms with Crippen molar-refractivity contribution in [2.75, 3.05) is 30.3 Å². The topological polar surface area (TPSA) is 75.7 Å². The number of ether oxygens (including phenoxy) is 1. The summed E-state index contributed by atoms with van der Waals surface area (Å²) in [4.78, 5) is 39.1. The number of carbonyl (C=O) groups is 3. The predicted octanol–water partition coefficient (Wildman–Crippen LogP) is 3.19. The summed E-state index contributed by atoms with van der Waals surface area (Å²) < 4.78 is 5.16. The van der Waals surface area contributed by atoms with Crippen molar-refractivity contribution in [2.24, 2.45) is 0 Å². The zero-order valence-electron chi connectivity index (χ0n) is 16.3. The van der Waals surface area contributed by atoms with E-state index in [-0.39, 0.29) is 18.4 Å². The maximum atomic E-state index is 12.4. The minimum atomic E-state index is -0.607. The number of nitrogens with zero attached hydrogens (tertiary/aromatic N) is 1. The zero-order valence-corrected chi connectivity index (χ0v) is 17.2. The van der Waals surface area contributed by atoms with E-state index in [4.69, 9.17) is 4.74 Å². The van der Waals surface area contributed by atoms with Crippen molar-refractivity contribution in [2.45, 2.75) is 24.7 Å². The van der Waals surface area contributed by atoms with Crippen LogP contribution in [0.4, 0.5) is 5.69 Å². The molecule has 1 fully saturated rings. The molecular weight excluding hydrogens is 388 g/mol. The fourth-order valence-corrected chi connectivity index (χ4v) is 3.81. The van der Waals surface area contributed by atoms with Crippen molar-refractivity contribution in [3.05, 3.63) is 59.7 Å². The number of carbonyl (C=O) groups excluding carboxylic acids is 3. The van der Waals surface area contributed by atoms with E-state index in [0.717, 1.165) is 17.1 Å². The highest BCUT2D eigenvalue weighted by Crippen LogP contribution is 2.26. The van der Waals surface area contributed by atoms with Crippen LogP contribution in [0.15, 0.2) is 53.4 Å². The second kappa shape index (κ2) is 10.1. The number of hydrogen-bond acceptors (Lipinski definition) is 5. The standard InChI is InChI=1S/C22H24N2O4S/c1-16-8-10-17(11-9-16)29-14-12-23-20(25)15-28-22(27)18-5-2-3-6-19(18)24-13-4-7-21(24)26/h2-3,5-6,8-11H,4,7,12-15H2,1H3,(H,23,25). The molecule has 0 saturated carbocycles. The molecule has 2 aromatic carbocycles. The quantitative estimate of drug-likeness (QED) is 0.409. The van der Waals surface area contributed by atoms with Gasteiger partial charge in [0.2, 0.25) is 5.91 Å². The highest BCUT2D eigenvalue weighted by atomic mass is 32.2. The van der Waals surface area contributed by atoms with Crippen LogP contribution in [-0.4, -0.2) is 43.2 Å². The number of para-hydroxylation sites is 1. The minimum Gasteiger partial charge on any atom is -0.452 e. The second-order valence-electron chi connectivity index (χ2n) is 6.75. The van der Waals surface area contributed by atoms with Crippen LogP contribution in [0.2, 0.25) is 0 Å². The Hall–Kier alpha value is -2.80. The van der Waals surface area contributed by atoms with Gasteiger partial charge >= 0.3 is 5.97 Å². The first kappa shape index (κ1) is 20.9. The van der Waals surface area contributed by atoms with Crippen molar-refractivity contribution in [3.63, 3.8) is 0 Å². The fraction of sp³-hybridized carbons (Fsp3) is 0.318. The second-order valence-corrected chi connectivity index (χ2v) is 7.92. The van der Waals surface area contributed by atoms with Crippen LogP contribution >= 0.6 is 11.8 Å². The summed E-state index contributed by atoms with van der Waals surface area (Å²) in [7, 11) is 0. The summed E-state index contributed by atoms with van der Waals surface area (Å²) in [5.41, 5.74) is 2.04. The first-order chi connectivity index (χ1) is 14.0. The van der Waals surface area contributed by atoms with Crippen molar-refractivity contribution in [1.29, 1.82) is 0 Å². The van der Waals surface area contributed by atoms with Gasteiger partial charge in [0.1, 0.15) is 0 Å². The van der Waals surface area contributed by atoms with E-state index < -0.39 is 5.97 Å². The minimum absolute atomic E-state index is 0.00549. The molecule has 152 valence electrons. The van der Waals surface area contributed by atoms with E-state index >= 15 is 0 Å². The van der Waals surface area contributed by atoms with Crippen LogP contribution < -0.4 is 10.2 Å². The maximum absolute atomic E-state index is 12.4. The Morgan fingerprint density at radius 1 is 1.14 bits per heavy atom. The molecule has 29 heavy (non-hydrogen) atoms. The predicted molar refractivity (Wildman–Crippen MR) is 113 cm³/mol. The maximum Gasteiger partial charge on any atom is 0.340 e. The Kier molecular flexibility index (Phi) is 7.30. The third-order valence-electron chi connectivity index (χ3n) is 4.54.